The van der Waals surface area contributed by atoms with Crippen molar-refractivity contribution in [1.82, 2.24) is 24.4 Å². The molecule has 5 rings (SSSR count). The zero-order valence-corrected chi connectivity index (χ0v) is 20.1. The maximum Gasteiger partial charge on any atom is 0.377 e. The van der Waals surface area contributed by atoms with Crippen LogP contribution in [-0.4, -0.2) is 60.9 Å². The minimum Gasteiger partial charge on any atom is -0.344 e. The smallest absolute Gasteiger partial charge is 0.344 e. The lowest BCUT2D eigenvalue weighted by Crippen LogP contribution is -2.44. The highest BCUT2D eigenvalue weighted by Crippen LogP contribution is 2.33. The first-order valence-electron chi connectivity index (χ1n) is 11.7. The predicted octanol–water partition coefficient (Wildman–Crippen LogP) is 1.81. The summed E-state index contributed by atoms with van der Waals surface area (Å²) in [5.41, 5.74) is 4.48. The standard InChI is InChI=1S/C24H29FN9O/c1-31-13-19(27-14-31)24(35)33(3)16-8-5-7-15(11-16)28-22-18(25)12-32(2)23(29-22)20-17-9-6-10-26-21(17)30-34(20)4/h6,9-10,12-16,20H,4-5,7-8,11H2,1-3H3,(H,26,30)/q+1/p+1. The Morgan fingerprint density at radius 3 is 2.97 bits per heavy atom. The van der Waals surface area contributed by atoms with E-state index in [0.29, 0.717) is 23.8 Å². The summed E-state index contributed by atoms with van der Waals surface area (Å²) >= 11 is 0. The van der Waals surface area contributed by atoms with E-state index in [1.165, 1.54) is 6.20 Å². The number of nitrogens with zero attached hydrogens (tertiary/aromatic N) is 7. The van der Waals surface area contributed by atoms with Crippen LogP contribution in [0.15, 0.2) is 37.1 Å². The average molecular weight is 480 g/mol. The number of aryl methyl sites for hydroxylation is 2. The van der Waals surface area contributed by atoms with Gasteiger partial charge in [-0.1, -0.05) is 0 Å². The fourth-order valence-electron chi connectivity index (χ4n) is 4.99. The van der Waals surface area contributed by atoms with Crippen LogP contribution in [0.1, 0.15) is 53.6 Å². The molecule has 182 valence electrons. The summed E-state index contributed by atoms with van der Waals surface area (Å²) < 4.78 is 20.1. The van der Waals surface area contributed by atoms with Crippen LogP contribution >= 0.6 is 0 Å². The van der Waals surface area contributed by atoms with Crippen LogP contribution < -0.4 is 15.3 Å². The van der Waals surface area contributed by atoms with Gasteiger partial charge < -0.3 is 14.8 Å². The highest BCUT2D eigenvalue weighted by atomic mass is 19.1. The van der Waals surface area contributed by atoms with Crippen LogP contribution in [0.3, 0.4) is 0 Å². The Balaban J connectivity index is 1.35. The number of nitrogens with one attached hydrogen (secondary N) is 2. The van der Waals surface area contributed by atoms with Crippen LogP contribution in [0.25, 0.3) is 0 Å². The molecule has 3 atom stereocenters. The van der Waals surface area contributed by atoms with Gasteiger partial charge in [0, 0.05) is 38.6 Å². The summed E-state index contributed by atoms with van der Waals surface area (Å²) in [5.74, 6) is 1.02. The molecular weight excluding hydrogens is 449 g/mol. The third kappa shape index (κ3) is 4.33. The van der Waals surface area contributed by atoms with E-state index in [4.69, 9.17) is 0 Å². The van der Waals surface area contributed by atoms with E-state index in [-0.39, 0.29) is 29.9 Å². The first-order chi connectivity index (χ1) is 16.8. The van der Waals surface area contributed by atoms with E-state index >= 15 is 0 Å². The van der Waals surface area contributed by atoms with Crippen molar-refractivity contribution in [3.8, 4) is 0 Å². The van der Waals surface area contributed by atoms with Gasteiger partial charge in [0.2, 0.25) is 5.82 Å². The van der Waals surface area contributed by atoms with Crippen molar-refractivity contribution in [2.45, 2.75) is 43.8 Å². The molecule has 0 bridgehead atoms. The number of pyridine rings is 1. The van der Waals surface area contributed by atoms with Crippen molar-refractivity contribution in [2.75, 3.05) is 17.8 Å². The van der Waals surface area contributed by atoms with Crippen LogP contribution in [0.2, 0.25) is 0 Å². The quantitative estimate of drug-likeness (QED) is 0.542. The van der Waals surface area contributed by atoms with Crippen molar-refractivity contribution in [1.29, 1.82) is 0 Å². The van der Waals surface area contributed by atoms with E-state index in [0.717, 1.165) is 24.8 Å². The number of imidazole rings is 1. The maximum atomic E-state index is 15.0. The highest BCUT2D eigenvalue weighted by Gasteiger charge is 2.44. The summed E-state index contributed by atoms with van der Waals surface area (Å²) in [7, 11) is 5.42. The third-order valence-corrected chi connectivity index (χ3v) is 6.84. The summed E-state index contributed by atoms with van der Waals surface area (Å²) in [4.78, 5) is 27.8. The van der Waals surface area contributed by atoms with E-state index in [1.54, 1.807) is 44.5 Å². The molecule has 1 amide bonds. The van der Waals surface area contributed by atoms with Crippen LogP contribution in [0, 0.1) is 5.82 Å². The number of halogens is 1. The monoisotopic (exact) mass is 479 g/mol. The second kappa shape index (κ2) is 9.05. The molecule has 0 radical (unpaired) electrons. The molecule has 3 aromatic heterocycles. The lowest BCUT2D eigenvalue weighted by molar-refractivity contribution is -0.701. The number of amides is 1. The number of carbonyl (C=O) groups excluding carboxylic acids is 1. The van der Waals surface area contributed by atoms with Gasteiger partial charge in [-0.3, -0.25) is 4.79 Å². The summed E-state index contributed by atoms with van der Waals surface area (Å²) in [6, 6.07) is 3.53. The SMILES string of the molecule is C=[N+]1Nc2ncccc2C1c1nc(NC2CCCC(N(C)C(=O)c3cn(C)cn3)C2)c(F)c[n+]1C. The van der Waals surface area contributed by atoms with Gasteiger partial charge in [0.15, 0.2) is 12.5 Å². The Kier molecular flexibility index (Phi) is 5.91. The lowest BCUT2D eigenvalue weighted by Gasteiger charge is -2.35. The molecule has 2 aliphatic rings. The number of fused-ring (bicyclic) bond motifs is 1. The van der Waals surface area contributed by atoms with E-state index in [1.807, 2.05) is 26.2 Å². The van der Waals surface area contributed by atoms with Gasteiger partial charge in [0.25, 0.3) is 11.7 Å². The Labute approximate surface area is 203 Å². The van der Waals surface area contributed by atoms with Gasteiger partial charge in [-0.15, -0.1) is 10.1 Å². The number of carbonyl (C=O) groups is 1. The highest BCUT2D eigenvalue weighted by molar-refractivity contribution is 5.92. The van der Waals surface area contributed by atoms with Gasteiger partial charge in [-0.05, 0) is 42.8 Å². The van der Waals surface area contributed by atoms with E-state index in [2.05, 4.69) is 32.4 Å². The molecule has 2 N–H and O–H groups in total. The molecule has 35 heavy (non-hydrogen) atoms. The number of hydrogen-bond acceptors (Lipinski definition) is 6. The fraction of sp³-hybridized carbons (Fsp3) is 0.417. The Hall–Kier alpha value is -3.89. The van der Waals surface area contributed by atoms with Crippen molar-refractivity contribution in [3.05, 3.63) is 59.9 Å². The Morgan fingerprint density at radius 2 is 2.20 bits per heavy atom. The third-order valence-electron chi connectivity index (χ3n) is 6.84. The summed E-state index contributed by atoms with van der Waals surface area (Å²) in [6.07, 6.45) is 9.88. The molecule has 3 unspecified atom stereocenters. The van der Waals surface area contributed by atoms with E-state index < -0.39 is 5.82 Å². The van der Waals surface area contributed by atoms with Gasteiger partial charge in [-0.25, -0.2) is 14.5 Å². The molecular formula is C24H30FN9O+2. The van der Waals surface area contributed by atoms with Crippen molar-refractivity contribution in [3.63, 3.8) is 0 Å². The number of hydrazine groups is 1. The molecule has 0 spiro atoms. The number of anilines is 2. The van der Waals surface area contributed by atoms with Gasteiger partial charge in [0.1, 0.15) is 11.9 Å². The minimum atomic E-state index is -0.427. The number of hydrazone groups is 1. The first kappa shape index (κ1) is 22.9. The number of rotatable bonds is 5. The molecule has 4 heterocycles. The zero-order valence-electron chi connectivity index (χ0n) is 20.1. The molecule has 3 aromatic rings. The topological polar surface area (TPSA) is 94.9 Å². The van der Waals surface area contributed by atoms with Gasteiger partial charge in [0.05, 0.1) is 18.9 Å². The molecule has 1 aliphatic heterocycles. The van der Waals surface area contributed by atoms with E-state index in [9.17, 15) is 9.18 Å². The van der Waals surface area contributed by atoms with Crippen LogP contribution in [0.4, 0.5) is 16.0 Å². The lowest BCUT2D eigenvalue weighted by atomic mass is 9.90. The van der Waals surface area contributed by atoms with Crippen molar-refractivity contribution in [2.24, 2.45) is 14.1 Å². The zero-order chi connectivity index (χ0) is 24.7. The summed E-state index contributed by atoms with van der Waals surface area (Å²) in [5, 5.41) is 3.31. The number of aromatic nitrogens is 5. The number of hydrogen-bond donors (Lipinski definition) is 2. The largest absolute Gasteiger partial charge is 0.377 e. The molecule has 11 heteroatoms. The van der Waals surface area contributed by atoms with Crippen molar-refractivity contribution >= 4 is 24.3 Å². The minimum absolute atomic E-state index is 0.0122. The molecule has 10 nitrogen and oxygen atoms in total. The molecule has 0 aromatic carbocycles. The normalized spacial score (nSPS) is 21.4. The van der Waals surface area contributed by atoms with Crippen molar-refractivity contribution < 1.29 is 18.4 Å². The second-order valence-electron chi connectivity index (χ2n) is 9.33. The van der Waals surface area contributed by atoms with Gasteiger partial charge >= 0.3 is 11.9 Å². The maximum absolute atomic E-state index is 15.0. The second-order valence-corrected chi connectivity index (χ2v) is 9.33. The molecule has 1 aliphatic carbocycles. The molecule has 1 saturated carbocycles. The first-order valence-corrected chi connectivity index (χ1v) is 11.7. The molecule has 0 saturated heterocycles. The van der Waals surface area contributed by atoms with Crippen LogP contribution in [-0.2, 0) is 14.1 Å². The average Bonchev–Trinajstić information content (AvgIpc) is 3.42. The Morgan fingerprint density at radius 1 is 1.37 bits per heavy atom. The summed E-state index contributed by atoms with van der Waals surface area (Å²) in [6.45, 7) is 4.06. The molecule has 1 fully saturated rings. The van der Waals surface area contributed by atoms with Gasteiger partial charge in [-0.2, -0.15) is 4.39 Å². The Bertz CT molecular complexity index is 1290. The fourth-order valence-corrected chi connectivity index (χ4v) is 4.99. The predicted molar refractivity (Wildman–Crippen MR) is 127 cm³/mol. The van der Waals surface area contributed by atoms with Crippen LogP contribution in [0.5, 0.6) is 0 Å².